The Balaban J connectivity index is 1.76. The molecule has 38 heavy (non-hydrogen) atoms. The van der Waals surface area contributed by atoms with E-state index in [1.807, 2.05) is 48.7 Å². The third-order valence-corrected chi connectivity index (χ3v) is 8.19. The van der Waals surface area contributed by atoms with Gasteiger partial charge in [-0.3, -0.25) is 0 Å². The van der Waals surface area contributed by atoms with Gasteiger partial charge in [0.2, 0.25) is 4.80 Å². The van der Waals surface area contributed by atoms with Crippen molar-refractivity contribution in [2.75, 3.05) is 20.3 Å². The second kappa shape index (κ2) is 12.1. The number of benzene rings is 3. The predicted molar refractivity (Wildman–Crippen MR) is 145 cm³/mol. The fourth-order valence-electron chi connectivity index (χ4n) is 3.94. The minimum atomic E-state index is -4.26. The van der Waals surface area contributed by atoms with Gasteiger partial charge in [-0.1, -0.05) is 54.6 Å². The van der Waals surface area contributed by atoms with Crippen LogP contribution in [0.5, 0.6) is 0 Å². The lowest BCUT2D eigenvalue weighted by molar-refractivity contribution is 0.0596. The summed E-state index contributed by atoms with van der Waals surface area (Å²) in [5.74, 6) is -0.764. The highest BCUT2D eigenvalue weighted by atomic mass is 32.2. The summed E-state index contributed by atoms with van der Waals surface area (Å²) in [7, 11) is -3.07. The first-order valence-corrected chi connectivity index (χ1v) is 14.1. The van der Waals surface area contributed by atoms with E-state index in [0.717, 1.165) is 21.2 Å². The monoisotopic (exact) mass is 553 g/mol. The van der Waals surface area contributed by atoms with Crippen LogP contribution in [0.3, 0.4) is 0 Å². The molecule has 1 heterocycles. The zero-order chi connectivity index (χ0) is 27.1. The Morgan fingerprint density at radius 2 is 1.76 bits per heavy atom. The zero-order valence-electron chi connectivity index (χ0n) is 20.9. The van der Waals surface area contributed by atoms with Gasteiger partial charge in [-0.2, -0.15) is 8.42 Å². The molecule has 1 N–H and O–H groups in total. The van der Waals surface area contributed by atoms with Crippen LogP contribution < -0.4 is 10.1 Å². The Morgan fingerprint density at radius 3 is 2.55 bits per heavy atom. The SMILES string of the molecule is CCOC(=O)NCCc1cn(Cc2cccc3ccccc23)c(=NS(=O)(=O)c2ccccc2C(=O)OC)s1. The summed E-state index contributed by atoms with van der Waals surface area (Å²) < 4.78 is 42.3. The fourth-order valence-corrected chi connectivity index (χ4v) is 6.32. The lowest BCUT2D eigenvalue weighted by Crippen LogP contribution is -2.26. The van der Waals surface area contributed by atoms with Crippen LogP contribution in [0.2, 0.25) is 0 Å². The highest BCUT2D eigenvalue weighted by Crippen LogP contribution is 2.21. The third-order valence-electron chi connectivity index (χ3n) is 5.67. The lowest BCUT2D eigenvalue weighted by atomic mass is 10.0. The van der Waals surface area contributed by atoms with Crippen molar-refractivity contribution in [3.63, 3.8) is 0 Å². The molecule has 4 rings (SSSR count). The number of carbonyl (C=O) groups is 2. The Kier molecular flexibility index (Phi) is 8.59. The molecule has 0 aliphatic heterocycles. The van der Waals surface area contributed by atoms with Crippen LogP contribution in [0.4, 0.5) is 4.79 Å². The maximum atomic E-state index is 13.4. The maximum Gasteiger partial charge on any atom is 0.407 e. The van der Waals surface area contributed by atoms with Gasteiger partial charge < -0.3 is 19.4 Å². The van der Waals surface area contributed by atoms with Crippen molar-refractivity contribution in [1.82, 2.24) is 9.88 Å². The summed E-state index contributed by atoms with van der Waals surface area (Å²) in [5, 5.41) is 4.78. The quantitative estimate of drug-likeness (QED) is 0.312. The van der Waals surface area contributed by atoms with Crippen LogP contribution in [-0.2, 0) is 32.5 Å². The molecule has 0 aliphatic carbocycles. The largest absolute Gasteiger partial charge is 0.465 e. The molecule has 0 radical (unpaired) electrons. The van der Waals surface area contributed by atoms with E-state index >= 15 is 0 Å². The Morgan fingerprint density at radius 1 is 1.03 bits per heavy atom. The molecule has 1 aromatic heterocycles. The summed E-state index contributed by atoms with van der Waals surface area (Å²) in [6.07, 6.45) is 1.77. The molecular formula is C27H27N3O6S2. The number of thiazole rings is 1. The molecular weight excluding hydrogens is 526 g/mol. The van der Waals surface area contributed by atoms with Crippen molar-refractivity contribution < 1.29 is 27.5 Å². The molecule has 0 atom stereocenters. The molecule has 0 saturated carbocycles. The first-order valence-electron chi connectivity index (χ1n) is 11.9. The number of hydrogen-bond acceptors (Lipinski definition) is 7. The smallest absolute Gasteiger partial charge is 0.407 e. The highest BCUT2D eigenvalue weighted by molar-refractivity contribution is 7.90. The average Bonchev–Trinajstić information content (AvgIpc) is 3.28. The van der Waals surface area contributed by atoms with Crippen LogP contribution in [-0.4, -0.2) is 45.3 Å². The van der Waals surface area contributed by atoms with Crippen molar-refractivity contribution in [2.24, 2.45) is 4.40 Å². The highest BCUT2D eigenvalue weighted by Gasteiger charge is 2.23. The number of alkyl carbamates (subject to hydrolysis) is 1. The molecule has 0 spiro atoms. The molecule has 0 aliphatic rings. The standard InChI is InChI=1S/C27H27N3O6S2/c1-3-36-27(32)28-16-15-21-18-30(17-20-11-8-10-19-9-4-5-12-22(19)20)26(37-21)29-38(33,34)24-14-7-6-13-23(24)25(31)35-2/h4-14,18H,3,15-17H2,1-2H3,(H,28,32). The van der Waals surface area contributed by atoms with Crippen LogP contribution in [0, 0.1) is 0 Å². The number of aromatic nitrogens is 1. The van der Waals surface area contributed by atoms with Gasteiger partial charge >= 0.3 is 12.1 Å². The number of ether oxygens (including phenoxy) is 2. The molecule has 0 bridgehead atoms. The summed E-state index contributed by atoms with van der Waals surface area (Å²) in [6.45, 7) is 2.67. The normalized spacial score (nSPS) is 11.9. The molecule has 11 heteroatoms. The number of nitrogens with zero attached hydrogens (tertiary/aromatic N) is 2. The van der Waals surface area contributed by atoms with Crippen LogP contribution in [0.25, 0.3) is 10.8 Å². The van der Waals surface area contributed by atoms with Gasteiger partial charge in [0, 0.05) is 24.0 Å². The van der Waals surface area contributed by atoms with Crippen molar-refractivity contribution in [1.29, 1.82) is 0 Å². The number of amides is 1. The van der Waals surface area contributed by atoms with E-state index in [4.69, 9.17) is 9.47 Å². The zero-order valence-corrected chi connectivity index (χ0v) is 22.6. The first-order chi connectivity index (χ1) is 18.3. The van der Waals surface area contributed by atoms with Crippen molar-refractivity contribution in [3.05, 3.63) is 93.7 Å². The van der Waals surface area contributed by atoms with E-state index in [-0.39, 0.29) is 21.9 Å². The van der Waals surface area contributed by atoms with Gasteiger partial charge in [-0.05, 0) is 35.4 Å². The summed E-state index contributed by atoms with van der Waals surface area (Å²) in [5.41, 5.74) is 0.903. The minimum absolute atomic E-state index is 0.0882. The molecule has 1 amide bonds. The number of nitrogens with one attached hydrogen (secondary N) is 1. The molecule has 0 unspecified atom stereocenters. The van der Waals surface area contributed by atoms with Gasteiger partial charge in [0.25, 0.3) is 10.0 Å². The van der Waals surface area contributed by atoms with Crippen LogP contribution in [0.1, 0.15) is 27.7 Å². The lowest BCUT2D eigenvalue weighted by Gasteiger charge is -2.08. The van der Waals surface area contributed by atoms with E-state index in [1.54, 1.807) is 17.6 Å². The second-order valence-corrected chi connectivity index (χ2v) is 10.9. The third kappa shape index (κ3) is 6.29. The van der Waals surface area contributed by atoms with Gasteiger partial charge in [0.15, 0.2) is 0 Å². The maximum absolute atomic E-state index is 13.4. The van der Waals surface area contributed by atoms with Gasteiger partial charge in [-0.25, -0.2) is 9.59 Å². The van der Waals surface area contributed by atoms with Crippen molar-refractivity contribution in [2.45, 2.75) is 24.8 Å². The van der Waals surface area contributed by atoms with E-state index in [0.29, 0.717) is 19.5 Å². The van der Waals surface area contributed by atoms with Gasteiger partial charge in [0.1, 0.15) is 4.90 Å². The minimum Gasteiger partial charge on any atom is -0.465 e. The molecule has 198 valence electrons. The Bertz CT molecular complexity index is 1630. The Hall–Kier alpha value is -3.96. The number of methoxy groups -OCH3 is 1. The molecule has 0 fully saturated rings. The van der Waals surface area contributed by atoms with Crippen molar-refractivity contribution in [3.8, 4) is 0 Å². The van der Waals surface area contributed by atoms with E-state index in [2.05, 4.69) is 9.71 Å². The van der Waals surface area contributed by atoms with Crippen LogP contribution in [0.15, 0.2) is 82.2 Å². The van der Waals surface area contributed by atoms with Crippen LogP contribution >= 0.6 is 11.3 Å². The topological polar surface area (TPSA) is 116 Å². The van der Waals surface area contributed by atoms with Gasteiger partial charge in [0.05, 0.1) is 25.8 Å². The summed E-state index contributed by atoms with van der Waals surface area (Å²) in [4.78, 5) is 24.7. The van der Waals surface area contributed by atoms with E-state index in [9.17, 15) is 18.0 Å². The first kappa shape index (κ1) is 27.1. The second-order valence-electron chi connectivity index (χ2n) is 8.20. The Labute approximate surface area is 224 Å². The molecule has 0 saturated heterocycles. The number of hydrogen-bond donors (Lipinski definition) is 1. The molecule has 3 aromatic carbocycles. The van der Waals surface area contributed by atoms with Gasteiger partial charge in [-0.15, -0.1) is 15.7 Å². The fraction of sp³-hybridized carbons (Fsp3) is 0.222. The summed E-state index contributed by atoms with van der Waals surface area (Å²) in [6, 6.07) is 19.7. The number of rotatable bonds is 9. The van der Waals surface area contributed by atoms with Crippen molar-refractivity contribution >= 4 is 44.2 Å². The van der Waals surface area contributed by atoms with E-state index in [1.165, 1.54) is 36.6 Å². The number of esters is 1. The number of carbonyl (C=O) groups excluding carboxylic acids is 2. The number of sulfonamides is 1. The van der Waals surface area contributed by atoms with E-state index < -0.39 is 22.1 Å². The summed E-state index contributed by atoms with van der Waals surface area (Å²) >= 11 is 1.20. The molecule has 4 aromatic rings. The molecule has 9 nitrogen and oxygen atoms in total. The average molecular weight is 554 g/mol. The number of fused-ring (bicyclic) bond motifs is 1. The predicted octanol–water partition coefficient (Wildman–Crippen LogP) is 4.12.